The average Bonchev–Trinajstić information content (AvgIpc) is 3.11. The molecular formula is C23H33N3O3. The number of hydrogen-bond acceptors (Lipinski definition) is 4. The van der Waals surface area contributed by atoms with E-state index in [0.29, 0.717) is 29.7 Å². The Kier molecular flexibility index (Phi) is 8.00. The molecule has 0 spiro atoms. The van der Waals surface area contributed by atoms with Crippen molar-refractivity contribution in [3.05, 3.63) is 47.3 Å². The zero-order chi connectivity index (χ0) is 21.6. The molecule has 1 amide bonds. The smallest absolute Gasteiger partial charge is 0.358 e. The molecule has 0 radical (unpaired) electrons. The lowest BCUT2D eigenvalue weighted by Gasteiger charge is -2.17. The minimum Gasteiger partial charge on any atom is -0.461 e. The molecule has 0 bridgehead atoms. The quantitative estimate of drug-likeness (QED) is 0.634. The molecular weight excluding hydrogens is 366 g/mol. The molecule has 0 unspecified atom stereocenters. The van der Waals surface area contributed by atoms with Crippen molar-refractivity contribution >= 4 is 11.9 Å². The van der Waals surface area contributed by atoms with Gasteiger partial charge in [0.05, 0.1) is 12.3 Å². The molecule has 0 fully saturated rings. The molecule has 0 saturated heterocycles. The van der Waals surface area contributed by atoms with Gasteiger partial charge in [0, 0.05) is 17.3 Å². The van der Waals surface area contributed by atoms with Crippen LogP contribution in [-0.4, -0.2) is 34.3 Å². The van der Waals surface area contributed by atoms with E-state index in [1.54, 1.807) is 29.8 Å². The highest BCUT2D eigenvalue weighted by Gasteiger charge is 2.17. The van der Waals surface area contributed by atoms with Gasteiger partial charge in [0.15, 0.2) is 5.69 Å². The van der Waals surface area contributed by atoms with E-state index >= 15 is 0 Å². The first-order chi connectivity index (χ1) is 13.7. The molecule has 0 aliphatic carbocycles. The fraction of sp³-hybridized carbons (Fsp3) is 0.522. The van der Waals surface area contributed by atoms with Crippen LogP contribution in [0.1, 0.15) is 74.5 Å². The maximum atomic E-state index is 12.4. The summed E-state index contributed by atoms with van der Waals surface area (Å²) in [7, 11) is 0. The van der Waals surface area contributed by atoms with Crippen LogP contribution in [0.3, 0.4) is 0 Å². The zero-order valence-electron chi connectivity index (χ0n) is 18.4. The molecule has 1 aromatic carbocycles. The molecule has 1 atom stereocenters. The van der Waals surface area contributed by atoms with E-state index in [0.717, 1.165) is 24.2 Å². The summed E-state index contributed by atoms with van der Waals surface area (Å²) in [5, 5.41) is 7.47. The normalized spacial score (nSPS) is 12.3. The largest absolute Gasteiger partial charge is 0.461 e. The van der Waals surface area contributed by atoms with E-state index in [-0.39, 0.29) is 11.9 Å². The van der Waals surface area contributed by atoms with Gasteiger partial charge in [0.1, 0.15) is 0 Å². The Labute approximate surface area is 173 Å². The van der Waals surface area contributed by atoms with Crippen molar-refractivity contribution < 1.29 is 14.3 Å². The van der Waals surface area contributed by atoms with E-state index in [4.69, 9.17) is 4.74 Å². The number of carbonyl (C=O) groups is 2. The molecule has 1 aromatic heterocycles. The molecule has 0 aliphatic rings. The molecule has 158 valence electrons. The number of carbonyl (C=O) groups excluding carboxylic acids is 2. The van der Waals surface area contributed by atoms with Gasteiger partial charge in [-0.1, -0.05) is 27.7 Å². The summed E-state index contributed by atoms with van der Waals surface area (Å²) < 4.78 is 6.87. The minimum absolute atomic E-state index is 0.0922. The van der Waals surface area contributed by atoms with Crippen molar-refractivity contribution in [2.75, 3.05) is 6.61 Å². The van der Waals surface area contributed by atoms with Gasteiger partial charge in [0.25, 0.3) is 5.91 Å². The van der Waals surface area contributed by atoms with Gasteiger partial charge in [-0.05, 0) is 68.9 Å². The fourth-order valence-corrected chi connectivity index (χ4v) is 2.77. The topological polar surface area (TPSA) is 73.2 Å². The van der Waals surface area contributed by atoms with E-state index < -0.39 is 5.97 Å². The van der Waals surface area contributed by atoms with Crippen LogP contribution in [0.4, 0.5) is 0 Å². The molecule has 6 heteroatoms. The number of ether oxygens (including phenoxy) is 1. The predicted octanol–water partition coefficient (Wildman–Crippen LogP) is 4.41. The first-order valence-electron chi connectivity index (χ1n) is 10.4. The summed E-state index contributed by atoms with van der Waals surface area (Å²) >= 11 is 0. The van der Waals surface area contributed by atoms with Gasteiger partial charge in [0.2, 0.25) is 0 Å². The standard InChI is InChI=1S/C23H33N3O3/c1-7-29-23(28)21-14-20(11-8-15(2)3)26(25-21)19-12-9-18(10-13-19)22(27)24-17(6)16(4)5/h9-10,12-17H,7-8,11H2,1-6H3,(H,24,27)/t17-/m1/s1. The van der Waals surface area contributed by atoms with Crippen LogP contribution >= 0.6 is 0 Å². The predicted molar refractivity (Wildman–Crippen MR) is 114 cm³/mol. The third-order valence-corrected chi connectivity index (χ3v) is 4.98. The molecule has 6 nitrogen and oxygen atoms in total. The number of aryl methyl sites for hydroxylation is 1. The number of benzene rings is 1. The Morgan fingerprint density at radius 1 is 1.10 bits per heavy atom. The van der Waals surface area contributed by atoms with Crippen molar-refractivity contribution in [3.8, 4) is 5.69 Å². The van der Waals surface area contributed by atoms with Crippen molar-refractivity contribution in [2.45, 2.75) is 60.4 Å². The van der Waals surface area contributed by atoms with Gasteiger partial charge in [-0.3, -0.25) is 4.79 Å². The lowest BCUT2D eigenvalue weighted by molar-refractivity contribution is 0.0518. The summed E-state index contributed by atoms with van der Waals surface area (Å²) in [6, 6.07) is 9.19. The average molecular weight is 400 g/mol. The summed E-state index contributed by atoms with van der Waals surface area (Å²) in [5.41, 5.74) is 2.67. The number of esters is 1. The second kappa shape index (κ2) is 10.2. The number of rotatable bonds is 9. The highest BCUT2D eigenvalue weighted by atomic mass is 16.5. The van der Waals surface area contributed by atoms with Gasteiger partial charge in [-0.2, -0.15) is 5.10 Å². The van der Waals surface area contributed by atoms with Crippen molar-refractivity contribution in [1.82, 2.24) is 15.1 Å². The van der Waals surface area contributed by atoms with Crippen LogP contribution in [0, 0.1) is 11.8 Å². The summed E-state index contributed by atoms with van der Waals surface area (Å²) in [5.74, 6) is 0.395. The van der Waals surface area contributed by atoms with Crippen LogP contribution in [0.2, 0.25) is 0 Å². The summed E-state index contributed by atoms with van der Waals surface area (Å²) in [4.78, 5) is 24.6. The van der Waals surface area contributed by atoms with Gasteiger partial charge in [-0.25, -0.2) is 9.48 Å². The number of amides is 1. The second-order valence-electron chi connectivity index (χ2n) is 8.14. The van der Waals surface area contributed by atoms with E-state index in [1.807, 2.05) is 19.1 Å². The summed E-state index contributed by atoms with van der Waals surface area (Å²) in [6.07, 6.45) is 1.79. The minimum atomic E-state index is -0.421. The first kappa shape index (κ1) is 22.7. The van der Waals surface area contributed by atoms with Crippen LogP contribution < -0.4 is 5.32 Å². The van der Waals surface area contributed by atoms with Crippen LogP contribution in [0.25, 0.3) is 5.69 Å². The molecule has 1 heterocycles. The van der Waals surface area contributed by atoms with Crippen LogP contribution in [0.15, 0.2) is 30.3 Å². The van der Waals surface area contributed by atoms with E-state index in [2.05, 4.69) is 38.1 Å². The monoisotopic (exact) mass is 399 g/mol. The van der Waals surface area contributed by atoms with Crippen molar-refractivity contribution in [1.29, 1.82) is 0 Å². The van der Waals surface area contributed by atoms with Gasteiger partial charge < -0.3 is 10.1 Å². The van der Waals surface area contributed by atoms with E-state index in [9.17, 15) is 9.59 Å². The maximum absolute atomic E-state index is 12.4. The molecule has 2 aromatic rings. The van der Waals surface area contributed by atoms with Crippen LogP contribution in [-0.2, 0) is 11.2 Å². The maximum Gasteiger partial charge on any atom is 0.358 e. The molecule has 2 rings (SSSR count). The lowest BCUT2D eigenvalue weighted by atomic mass is 10.1. The number of nitrogens with one attached hydrogen (secondary N) is 1. The first-order valence-corrected chi connectivity index (χ1v) is 10.4. The third-order valence-electron chi connectivity index (χ3n) is 4.98. The molecule has 29 heavy (non-hydrogen) atoms. The van der Waals surface area contributed by atoms with Crippen LogP contribution in [0.5, 0.6) is 0 Å². The Morgan fingerprint density at radius 3 is 2.31 bits per heavy atom. The highest BCUT2D eigenvalue weighted by molar-refractivity contribution is 5.94. The SMILES string of the molecule is CCOC(=O)c1cc(CCC(C)C)n(-c2ccc(C(=O)N[C@H](C)C(C)C)cc2)n1. The number of nitrogens with zero attached hydrogens (tertiary/aromatic N) is 2. The Balaban J connectivity index is 2.27. The molecule has 0 aliphatic heterocycles. The highest BCUT2D eigenvalue weighted by Crippen LogP contribution is 2.18. The number of hydrogen-bond donors (Lipinski definition) is 1. The zero-order valence-corrected chi connectivity index (χ0v) is 18.4. The Hall–Kier alpha value is -2.63. The third kappa shape index (κ3) is 6.17. The lowest BCUT2D eigenvalue weighted by Crippen LogP contribution is -2.36. The molecule has 0 saturated carbocycles. The van der Waals surface area contributed by atoms with Crippen molar-refractivity contribution in [3.63, 3.8) is 0 Å². The number of aromatic nitrogens is 2. The fourth-order valence-electron chi connectivity index (χ4n) is 2.77. The van der Waals surface area contributed by atoms with Crippen molar-refractivity contribution in [2.24, 2.45) is 11.8 Å². The van der Waals surface area contributed by atoms with E-state index in [1.165, 1.54) is 0 Å². The molecule has 1 N–H and O–H groups in total. The Morgan fingerprint density at radius 2 is 1.76 bits per heavy atom. The Bertz CT molecular complexity index is 822. The van der Waals surface area contributed by atoms with Gasteiger partial charge >= 0.3 is 5.97 Å². The summed E-state index contributed by atoms with van der Waals surface area (Å²) in [6.45, 7) is 12.6. The van der Waals surface area contributed by atoms with Gasteiger partial charge in [-0.15, -0.1) is 0 Å². The second-order valence-corrected chi connectivity index (χ2v) is 8.14.